The third kappa shape index (κ3) is 2.05. The van der Waals surface area contributed by atoms with Crippen LogP contribution in [0.1, 0.15) is 10.5 Å². The van der Waals surface area contributed by atoms with Crippen LogP contribution in [0.3, 0.4) is 0 Å². The summed E-state index contributed by atoms with van der Waals surface area (Å²) in [6, 6.07) is 12.4. The molecular formula is C11H9NO2S. The van der Waals surface area contributed by atoms with Crippen LogP contribution in [-0.4, -0.2) is 15.5 Å². The SMILES string of the molecule is O=Cc1ccc(S(=O)c2ccccc2)[nH]1. The van der Waals surface area contributed by atoms with Crippen LogP contribution < -0.4 is 0 Å². The van der Waals surface area contributed by atoms with E-state index in [9.17, 15) is 9.00 Å². The molecule has 1 aromatic heterocycles. The third-order valence-corrected chi connectivity index (χ3v) is 3.30. The van der Waals surface area contributed by atoms with Crippen molar-refractivity contribution in [3.63, 3.8) is 0 Å². The van der Waals surface area contributed by atoms with E-state index < -0.39 is 10.8 Å². The van der Waals surface area contributed by atoms with Crippen LogP contribution in [0.2, 0.25) is 0 Å². The Kier molecular flexibility index (Phi) is 2.78. The van der Waals surface area contributed by atoms with Crippen LogP contribution >= 0.6 is 0 Å². The molecule has 0 saturated heterocycles. The van der Waals surface area contributed by atoms with Crippen molar-refractivity contribution in [1.29, 1.82) is 0 Å². The molecule has 0 bridgehead atoms. The summed E-state index contributed by atoms with van der Waals surface area (Å²) >= 11 is 0. The Balaban J connectivity index is 2.32. The van der Waals surface area contributed by atoms with E-state index in [1.54, 1.807) is 24.3 Å². The normalized spacial score (nSPS) is 12.3. The van der Waals surface area contributed by atoms with Crippen molar-refractivity contribution in [1.82, 2.24) is 4.98 Å². The second-order valence-corrected chi connectivity index (χ2v) is 4.43. The van der Waals surface area contributed by atoms with Crippen molar-refractivity contribution < 1.29 is 9.00 Å². The molecule has 1 aromatic carbocycles. The zero-order valence-corrected chi connectivity index (χ0v) is 8.66. The molecule has 0 saturated carbocycles. The molecule has 0 amide bonds. The number of aldehydes is 1. The largest absolute Gasteiger partial charge is 0.345 e. The van der Waals surface area contributed by atoms with Crippen molar-refractivity contribution in [2.75, 3.05) is 0 Å². The number of benzene rings is 1. The Morgan fingerprint density at radius 2 is 1.80 bits per heavy atom. The maximum atomic E-state index is 11.9. The average molecular weight is 219 g/mol. The minimum Gasteiger partial charge on any atom is -0.345 e. The van der Waals surface area contributed by atoms with Crippen LogP contribution in [0.25, 0.3) is 0 Å². The minimum absolute atomic E-state index is 0.439. The Morgan fingerprint density at radius 3 is 2.40 bits per heavy atom. The van der Waals surface area contributed by atoms with E-state index in [4.69, 9.17) is 0 Å². The number of rotatable bonds is 3. The molecule has 1 unspecified atom stereocenters. The predicted octanol–water partition coefficient (Wildman–Crippen LogP) is 1.99. The van der Waals surface area contributed by atoms with Gasteiger partial charge >= 0.3 is 0 Å². The van der Waals surface area contributed by atoms with Crippen molar-refractivity contribution in [3.05, 3.63) is 48.2 Å². The zero-order chi connectivity index (χ0) is 10.7. The number of aromatic amines is 1. The van der Waals surface area contributed by atoms with Crippen LogP contribution in [0, 0.1) is 0 Å². The highest BCUT2D eigenvalue weighted by atomic mass is 32.2. The summed E-state index contributed by atoms with van der Waals surface area (Å²) in [6.45, 7) is 0. The van der Waals surface area contributed by atoms with Gasteiger partial charge in [0.25, 0.3) is 0 Å². The highest BCUT2D eigenvalue weighted by molar-refractivity contribution is 7.85. The summed E-state index contributed by atoms with van der Waals surface area (Å²) in [5.41, 5.74) is 0.439. The van der Waals surface area contributed by atoms with Gasteiger partial charge in [-0.25, -0.2) is 4.21 Å². The maximum Gasteiger partial charge on any atom is 0.166 e. The Bertz CT molecular complexity index is 490. The monoisotopic (exact) mass is 219 g/mol. The van der Waals surface area contributed by atoms with E-state index in [2.05, 4.69) is 4.98 Å². The van der Waals surface area contributed by atoms with Gasteiger partial charge in [-0.3, -0.25) is 4.79 Å². The summed E-state index contributed by atoms with van der Waals surface area (Å²) < 4.78 is 11.9. The van der Waals surface area contributed by atoms with E-state index in [1.807, 2.05) is 18.2 Å². The molecule has 0 aliphatic carbocycles. The number of hydrogen-bond acceptors (Lipinski definition) is 2. The van der Waals surface area contributed by atoms with Gasteiger partial charge in [-0.2, -0.15) is 0 Å². The van der Waals surface area contributed by atoms with Crippen LogP contribution in [0.15, 0.2) is 52.4 Å². The molecule has 76 valence electrons. The summed E-state index contributed by atoms with van der Waals surface area (Å²) in [6.07, 6.45) is 0.700. The van der Waals surface area contributed by atoms with E-state index >= 15 is 0 Å². The molecule has 0 fully saturated rings. The number of carbonyl (C=O) groups excluding carboxylic acids is 1. The van der Waals surface area contributed by atoms with Crippen LogP contribution in [-0.2, 0) is 10.8 Å². The van der Waals surface area contributed by atoms with E-state index in [1.165, 1.54) is 0 Å². The van der Waals surface area contributed by atoms with Gasteiger partial charge in [0.1, 0.15) is 15.8 Å². The first kappa shape index (κ1) is 9.86. The molecule has 1 heterocycles. The fourth-order valence-corrected chi connectivity index (χ4v) is 2.30. The molecule has 0 aliphatic heterocycles. The van der Waals surface area contributed by atoms with Gasteiger partial charge in [-0.15, -0.1) is 0 Å². The van der Waals surface area contributed by atoms with Crippen molar-refractivity contribution in [3.8, 4) is 0 Å². The Labute approximate surface area is 89.6 Å². The molecule has 1 atom stereocenters. The first-order valence-corrected chi connectivity index (χ1v) is 5.57. The van der Waals surface area contributed by atoms with Gasteiger partial charge in [0.15, 0.2) is 6.29 Å². The molecule has 1 N–H and O–H groups in total. The molecule has 2 aromatic rings. The number of nitrogens with one attached hydrogen (secondary N) is 1. The summed E-state index contributed by atoms with van der Waals surface area (Å²) in [4.78, 5) is 14.0. The van der Waals surface area contributed by atoms with Gasteiger partial charge in [-0.05, 0) is 24.3 Å². The summed E-state index contributed by atoms with van der Waals surface area (Å²) in [5, 5.41) is 0.545. The smallest absolute Gasteiger partial charge is 0.166 e. The molecule has 2 rings (SSSR count). The number of hydrogen-bond donors (Lipinski definition) is 1. The predicted molar refractivity (Wildman–Crippen MR) is 57.3 cm³/mol. The third-order valence-electron chi connectivity index (χ3n) is 1.97. The highest BCUT2D eigenvalue weighted by Crippen LogP contribution is 2.14. The first-order chi connectivity index (χ1) is 7.31. The topological polar surface area (TPSA) is 49.9 Å². The standard InChI is InChI=1S/C11H9NO2S/c13-8-9-6-7-11(12-9)15(14)10-4-2-1-3-5-10/h1-8,12H. The number of aromatic nitrogens is 1. The lowest BCUT2D eigenvalue weighted by molar-refractivity contribution is 0.111. The van der Waals surface area contributed by atoms with E-state index in [0.29, 0.717) is 17.0 Å². The van der Waals surface area contributed by atoms with Crippen molar-refractivity contribution >= 4 is 17.1 Å². The second-order valence-electron chi connectivity index (χ2n) is 2.98. The fourth-order valence-electron chi connectivity index (χ4n) is 1.24. The number of carbonyl (C=O) groups is 1. The quantitative estimate of drug-likeness (QED) is 0.802. The fraction of sp³-hybridized carbons (Fsp3) is 0. The molecule has 0 radical (unpaired) electrons. The number of H-pyrrole nitrogens is 1. The first-order valence-electron chi connectivity index (χ1n) is 4.42. The van der Waals surface area contributed by atoms with Gasteiger partial charge in [0.2, 0.25) is 0 Å². The van der Waals surface area contributed by atoms with Gasteiger partial charge < -0.3 is 4.98 Å². The molecule has 4 heteroatoms. The lowest BCUT2D eigenvalue weighted by Crippen LogP contribution is -1.93. The summed E-state index contributed by atoms with van der Waals surface area (Å²) in [7, 11) is -1.24. The van der Waals surface area contributed by atoms with E-state index in [0.717, 1.165) is 4.90 Å². The lowest BCUT2D eigenvalue weighted by atomic mass is 10.4. The van der Waals surface area contributed by atoms with Gasteiger partial charge in [0, 0.05) is 4.90 Å². The molecule has 3 nitrogen and oxygen atoms in total. The highest BCUT2D eigenvalue weighted by Gasteiger charge is 2.08. The van der Waals surface area contributed by atoms with Crippen molar-refractivity contribution in [2.24, 2.45) is 0 Å². The molecule has 0 spiro atoms. The average Bonchev–Trinajstić information content (AvgIpc) is 2.78. The van der Waals surface area contributed by atoms with Gasteiger partial charge in [0.05, 0.1) is 5.69 Å². The van der Waals surface area contributed by atoms with Gasteiger partial charge in [-0.1, -0.05) is 18.2 Å². The maximum absolute atomic E-state index is 11.9. The lowest BCUT2D eigenvalue weighted by Gasteiger charge is -1.98. The minimum atomic E-state index is -1.24. The van der Waals surface area contributed by atoms with Crippen LogP contribution in [0.5, 0.6) is 0 Å². The van der Waals surface area contributed by atoms with Crippen molar-refractivity contribution in [2.45, 2.75) is 9.92 Å². The van der Waals surface area contributed by atoms with E-state index in [-0.39, 0.29) is 0 Å². The Morgan fingerprint density at radius 1 is 1.07 bits per heavy atom. The molecule has 15 heavy (non-hydrogen) atoms. The molecular weight excluding hydrogens is 210 g/mol. The molecule has 0 aliphatic rings. The summed E-state index contributed by atoms with van der Waals surface area (Å²) in [5.74, 6) is 0. The van der Waals surface area contributed by atoms with Crippen LogP contribution in [0.4, 0.5) is 0 Å². The zero-order valence-electron chi connectivity index (χ0n) is 7.84. The second kappa shape index (κ2) is 4.23. The Hall–Kier alpha value is -1.68.